The van der Waals surface area contributed by atoms with E-state index < -0.39 is 0 Å². The molecule has 0 aliphatic heterocycles. The highest BCUT2D eigenvalue weighted by Crippen LogP contribution is 2.33. The van der Waals surface area contributed by atoms with E-state index in [2.05, 4.69) is 17.1 Å². The van der Waals surface area contributed by atoms with Crippen molar-refractivity contribution in [2.45, 2.75) is 19.9 Å². The van der Waals surface area contributed by atoms with Crippen molar-refractivity contribution in [1.82, 2.24) is 10.2 Å². The SMILES string of the molecule is CCc1ccc(Oc2nnc(CN)s2)c(OC)c1. The topological polar surface area (TPSA) is 70.3 Å². The molecular weight excluding hydrogens is 250 g/mol. The normalized spacial score (nSPS) is 10.4. The third kappa shape index (κ3) is 2.77. The van der Waals surface area contributed by atoms with Crippen molar-refractivity contribution in [3.05, 3.63) is 28.8 Å². The number of aromatic nitrogens is 2. The minimum Gasteiger partial charge on any atom is -0.493 e. The van der Waals surface area contributed by atoms with Crippen LogP contribution in [0.5, 0.6) is 16.7 Å². The number of nitrogens with two attached hydrogens (primary N) is 1. The van der Waals surface area contributed by atoms with Crippen LogP contribution >= 0.6 is 11.3 Å². The number of aryl methyl sites for hydroxylation is 1. The van der Waals surface area contributed by atoms with Gasteiger partial charge in [0.2, 0.25) is 0 Å². The van der Waals surface area contributed by atoms with Crippen LogP contribution in [0.2, 0.25) is 0 Å². The van der Waals surface area contributed by atoms with Gasteiger partial charge in [-0.3, -0.25) is 0 Å². The maximum atomic E-state index is 5.65. The summed E-state index contributed by atoms with van der Waals surface area (Å²) in [6.07, 6.45) is 0.951. The third-order valence-electron chi connectivity index (χ3n) is 2.46. The van der Waals surface area contributed by atoms with Gasteiger partial charge in [-0.05, 0) is 24.1 Å². The molecule has 5 nitrogen and oxygen atoms in total. The molecule has 1 heterocycles. The second kappa shape index (κ2) is 5.79. The molecule has 0 bridgehead atoms. The zero-order valence-electron chi connectivity index (χ0n) is 10.3. The highest BCUT2D eigenvalue weighted by molar-refractivity contribution is 7.13. The summed E-state index contributed by atoms with van der Waals surface area (Å²) in [5.74, 6) is 1.33. The molecular formula is C12H15N3O2S. The van der Waals surface area contributed by atoms with Gasteiger partial charge < -0.3 is 15.2 Å². The summed E-state index contributed by atoms with van der Waals surface area (Å²) in [4.78, 5) is 0. The van der Waals surface area contributed by atoms with Crippen molar-refractivity contribution in [2.24, 2.45) is 5.73 Å². The molecule has 96 valence electrons. The molecule has 0 saturated carbocycles. The Morgan fingerprint density at radius 1 is 1.28 bits per heavy atom. The summed E-state index contributed by atoms with van der Waals surface area (Å²) >= 11 is 1.33. The van der Waals surface area contributed by atoms with E-state index in [0.29, 0.717) is 23.2 Å². The van der Waals surface area contributed by atoms with Gasteiger partial charge in [0, 0.05) is 6.54 Å². The van der Waals surface area contributed by atoms with Gasteiger partial charge in [0.15, 0.2) is 11.5 Å². The Balaban J connectivity index is 2.22. The summed E-state index contributed by atoms with van der Waals surface area (Å²) in [7, 11) is 1.62. The predicted molar refractivity (Wildman–Crippen MR) is 70.2 cm³/mol. The summed E-state index contributed by atoms with van der Waals surface area (Å²) in [6.45, 7) is 2.46. The first-order valence-corrected chi connectivity index (χ1v) is 6.45. The lowest BCUT2D eigenvalue weighted by molar-refractivity contribution is 0.376. The first-order chi connectivity index (χ1) is 8.76. The molecule has 0 radical (unpaired) electrons. The molecule has 0 aliphatic carbocycles. The van der Waals surface area contributed by atoms with Crippen molar-refractivity contribution >= 4 is 11.3 Å². The van der Waals surface area contributed by atoms with Crippen molar-refractivity contribution in [2.75, 3.05) is 7.11 Å². The Morgan fingerprint density at radius 2 is 2.11 bits per heavy atom. The monoisotopic (exact) mass is 265 g/mol. The predicted octanol–water partition coefficient (Wildman–Crippen LogP) is 2.36. The van der Waals surface area contributed by atoms with E-state index >= 15 is 0 Å². The highest BCUT2D eigenvalue weighted by atomic mass is 32.1. The van der Waals surface area contributed by atoms with Gasteiger partial charge in [-0.2, -0.15) is 0 Å². The summed E-state index contributed by atoms with van der Waals surface area (Å²) in [5, 5.41) is 9.02. The van der Waals surface area contributed by atoms with Gasteiger partial charge in [0.1, 0.15) is 5.01 Å². The molecule has 0 fully saturated rings. The van der Waals surface area contributed by atoms with Crippen LogP contribution in [0.25, 0.3) is 0 Å². The number of hydrogen-bond donors (Lipinski definition) is 1. The molecule has 18 heavy (non-hydrogen) atoms. The molecule has 0 unspecified atom stereocenters. The van der Waals surface area contributed by atoms with Crippen molar-refractivity contribution in [3.8, 4) is 16.7 Å². The van der Waals surface area contributed by atoms with Gasteiger partial charge in [-0.15, -0.1) is 5.10 Å². The van der Waals surface area contributed by atoms with Crippen LogP contribution < -0.4 is 15.2 Å². The number of hydrogen-bond acceptors (Lipinski definition) is 6. The molecule has 0 atom stereocenters. The Labute approximate surface area is 110 Å². The van der Waals surface area contributed by atoms with Crippen LogP contribution in [-0.4, -0.2) is 17.3 Å². The van der Waals surface area contributed by atoms with Crippen LogP contribution in [-0.2, 0) is 13.0 Å². The van der Waals surface area contributed by atoms with Crippen LogP contribution in [0.3, 0.4) is 0 Å². The summed E-state index contributed by atoms with van der Waals surface area (Å²) in [5.41, 5.74) is 6.67. The minimum absolute atomic E-state index is 0.368. The van der Waals surface area contributed by atoms with E-state index in [1.807, 2.05) is 18.2 Å². The van der Waals surface area contributed by atoms with Gasteiger partial charge >= 0.3 is 0 Å². The number of nitrogens with zero attached hydrogens (tertiary/aromatic N) is 2. The molecule has 6 heteroatoms. The minimum atomic E-state index is 0.368. The molecule has 1 aromatic carbocycles. The quantitative estimate of drug-likeness (QED) is 0.898. The molecule has 2 N–H and O–H groups in total. The average Bonchev–Trinajstić information content (AvgIpc) is 2.87. The lowest BCUT2D eigenvalue weighted by Gasteiger charge is -2.09. The van der Waals surface area contributed by atoms with E-state index in [-0.39, 0.29) is 0 Å². The summed E-state index contributed by atoms with van der Waals surface area (Å²) in [6, 6.07) is 5.84. The molecule has 1 aromatic heterocycles. The van der Waals surface area contributed by atoms with Crippen LogP contribution in [0.15, 0.2) is 18.2 Å². The van der Waals surface area contributed by atoms with E-state index in [4.69, 9.17) is 15.2 Å². The molecule has 0 saturated heterocycles. The Bertz CT molecular complexity index is 528. The maximum Gasteiger partial charge on any atom is 0.299 e. The fourth-order valence-corrected chi connectivity index (χ4v) is 2.05. The van der Waals surface area contributed by atoms with Crippen LogP contribution in [0.1, 0.15) is 17.5 Å². The first-order valence-electron chi connectivity index (χ1n) is 5.64. The lowest BCUT2D eigenvalue weighted by Crippen LogP contribution is -1.94. The van der Waals surface area contributed by atoms with Gasteiger partial charge in [-0.1, -0.05) is 29.4 Å². The second-order valence-electron chi connectivity index (χ2n) is 3.61. The number of benzene rings is 1. The third-order valence-corrected chi connectivity index (χ3v) is 3.28. The van der Waals surface area contributed by atoms with Gasteiger partial charge in [-0.25, -0.2) is 0 Å². The number of ether oxygens (including phenoxy) is 2. The van der Waals surface area contributed by atoms with E-state index in [1.165, 1.54) is 16.9 Å². The van der Waals surface area contributed by atoms with Crippen LogP contribution in [0.4, 0.5) is 0 Å². The van der Waals surface area contributed by atoms with Crippen molar-refractivity contribution in [1.29, 1.82) is 0 Å². The van der Waals surface area contributed by atoms with E-state index in [1.54, 1.807) is 7.11 Å². The zero-order chi connectivity index (χ0) is 13.0. The summed E-state index contributed by atoms with van der Waals surface area (Å²) < 4.78 is 10.9. The fourth-order valence-electron chi connectivity index (χ4n) is 1.47. The Kier molecular flexibility index (Phi) is 4.11. The van der Waals surface area contributed by atoms with Crippen molar-refractivity contribution in [3.63, 3.8) is 0 Å². The molecule has 0 aliphatic rings. The number of rotatable bonds is 5. The van der Waals surface area contributed by atoms with Crippen molar-refractivity contribution < 1.29 is 9.47 Å². The Morgan fingerprint density at radius 3 is 2.72 bits per heavy atom. The molecule has 2 aromatic rings. The molecule has 0 amide bonds. The van der Waals surface area contributed by atoms with Crippen LogP contribution in [0, 0.1) is 0 Å². The largest absolute Gasteiger partial charge is 0.493 e. The standard InChI is InChI=1S/C12H15N3O2S/c1-3-8-4-5-9(10(6-8)16-2)17-12-15-14-11(7-13)18-12/h4-6H,3,7,13H2,1-2H3. The number of methoxy groups -OCH3 is 1. The van der Waals surface area contributed by atoms with Gasteiger partial charge in [0.05, 0.1) is 7.11 Å². The van der Waals surface area contributed by atoms with Gasteiger partial charge in [0.25, 0.3) is 5.19 Å². The average molecular weight is 265 g/mol. The zero-order valence-corrected chi connectivity index (χ0v) is 11.2. The smallest absolute Gasteiger partial charge is 0.299 e. The van der Waals surface area contributed by atoms with E-state index in [9.17, 15) is 0 Å². The molecule has 2 rings (SSSR count). The lowest BCUT2D eigenvalue weighted by atomic mass is 10.1. The highest BCUT2D eigenvalue weighted by Gasteiger charge is 2.10. The second-order valence-corrected chi connectivity index (χ2v) is 4.63. The van der Waals surface area contributed by atoms with E-state index in [0.717, 1.165) is 11.4 Å². The first kappa shape index (κ1) is 12.8. The molecule has 0 spiro atoms. The fraction of sp³-hybridized carbons (Fsp3) is 0.333. The Hall–Kier alpha value is -1.66. The maximum absolute atomic E-state index is 5.65.